The third kappa shape index (κ3) is 6.35. The fraction of sp³-hybridized carbons (Fsp3) is 0.231. The minimum Gasteiger partial charge on any atom is -0.495 e. The summed E-state index contributed by atoms with van der Waals surface area (Å²) in [6.07, 6.45) is 0.747. The first-order chi connectivity index (χ1) is 17.2. The van der Waals surface area contributed by atoms with Crippen LogP contribution >= 0.6 is 11.6 Å². The lowest BCUT2D eigenvalue weighted by Gasteiger charge is -2.25. The van der Waals surface area contributed by atoms with Gasteiger partial charge in [0.1, 0.15) is 12.3 Å². The van der Waals surface area contributed by atoms with Crippen molar-refractivity contribution >= 4 is 44.8 Å². The van der Waals surface area contributed by atoms with Crippen LogP contribution in [-0.4, -0.2) is 39.9 Å². The molecule has 190 valence electrons. The van der Waals surface area contributed by atoms with E-state index in [0.717, 1.165) is 10.7 Å². The van der Waals surface area contributed by atoms with Gasteiger partial charge in [0.25, 0.3) is 15.9 Å². The van der Waals surface area contributed by atoms with E-state index >= 15 is 0 Å². The van der Waals surface area contributed by atoms with E-state index in [0.29, 0.717) is 5.75 Å². The Labute approximate surface area is 216 Å². The van der Waals surface area contributed by atoms with Crippen molar-refractivity contribution in [2.24, 2.45) is 0 Å². The number of methoxy groups -OCH3 is 1. The Morgan fingerprint density at radius 2 is 1.69 bits per heavy atom. The number of amides is 2. The van der Waals surface area contributed by atoms with Crippen LogP contribution in [0.4, 0.5) is 11.4 Å². The van der Waals surface area contributed by atoms with Gasteiger partial charge in [0, 0.05) is 6.04 Å². The van der Waals surface area contributed by atoms with Gasteiger partial charge in [-0.1, -0.05) is 48.9 Å². The van der Waals surface area contributed by atoms with Crippen molar-refractivity contribution < 1.29 is 22.7 Å². The number of halogens is 1. The summed E-state index contributed by atoms with van der Waals surface area (Å²) in [5.41, 5.74) is 0.729. The second-order valence-electron chi connectivity index (χ2n) is 8.02. The highest BCUT2D eigenvalue weighted by Gasteiger charge is 2.28. The molecule has 0 fully saturated rings. The predicted molar refractivity (Wildman–Crippen MR) is 141 cm³/mol. The van der Waals surface area contributed by atoms with Gasteiger partial charge in [-0.15, -0.1) is 0 Å². The summed E-state index contributed by atoms with van der Waals surface area (Å²) in [5.74, 6) is -0.607. The average Bonchev–Trinajstić information content (AvgIpc) is 2.87. The third-order valence-electron chi connectivity index (χ3n) is 5.48. The summed E-state index contributed by atoms with van der Waals surface area (Å²) in [7, 11) is -2.68. The number of ether oxygens (including phenoxy) is 1. The zero-order valence-electron chi connectivity index (χ0n) is 20.2. The van der Waals surface area contributed by atoms with Crippen LogP contribution in [0.5, 0.6) is 5.75 Å². The van der Waals surface area contributed by atoms with E-state index in [2.05, 4.69) is 10.6 Å². The molecular weight excluding hydrogens is 502 g/mol. The smallest absolute Gasteiger partial charge is 0.264 e. The van der Waals surface area contributed by atoms with E-state index in [-0.39, 0.29) is 38.8 Å². The van der Waals surface area contributed by atoms with Crippen LogP contribution in [0.2, 0.25) is 5.02 Å². The van der Waals surface area contributed by atoms with Crippen molar-refractivity contribution in [2.75, 3.05) is 23.3 Å². The van der Waals surface area contributed by atoms with Gasteiger partial charge in [-0.05, 0) is 55.8 Å². The lowest BCUT2D eigenvalue weighted by atomic mass is 10.1. The summed E-state index contributed by atoms with van der Waals surface area (Å²) in [5, 5.41) is 5.74. The molecule has 2 amide bonds. The standard InChI is InChI=1S/C26H28ClN3O5S/c1-4-18(2)28-26(32)21-12-8-9-13-23(21)29-25(31)17-30(19-14-15-24(35-3)22(27)16-19)36(33,34)20-10-6-5-7-11-20/h5-16,18H,4,17H2,1-3H3,(H,28,32)(H,29,31)/t18-/m1/s1. The van der Waals surface area contributed by atoms with Gasteiger partial charge >= 0.3 is 0 Å². The van der Waals surface area contributed by atoms with E-state index in [9.17, 15) is 18.0 Å². The third-order valence-corrected chi connectivity index (χ3v) is 7.56. The predicted octanol–water partition coefficient (Wildman–Crippen LogP) is 4.71. The summed E-state index contributed by atoms with van der Waals surface area (Å²) < 4.78 is 33.2. The normalized spacial score (nSPS) is 11.9. The molecule has 10 heteroatoms. The highest BCUT2D eigenvalue weighted by molar-refractivity contribution is 7.92. The molecule has 0 radical (unpaired) electrons. The van der Waals surface area contributed by atoms with Crippen LogP contribution in [0.15, 0.2) is 77.7 Å². The van der Waals surface area contributed by atoms with Crippen LogP contribution in [0.3, 0.4) is 0 Å². The lowest BCUT2D eigenvalue weighted by Crippen LogP contribution is -2.38. The van der Waals surface area contributed by atoms with Gasteiger partial charge in [0.15, 0.2) is 0 Å². The van der Waals surface area contributed by atoms with Gasteiger partial charge in [-0.3, -0.25) is 13.9 Å². The molecule has 0 unspecified atom stereocenters. The van der Waals surface area contributed by atoms with Gasteiger partial charge in [-0.2, -0.15) is 0 Å². The molecule has 0 aliphatic rings. The molecule has 3 aromatic rings. The molecule has 0 heterocycles. The molecule has 0 aromatic heterocycles. The summed E-state index contributed by atoms with van der Waals surface area (Å²) in [6, 6.07) is 18.7. The van der Waals surface area contributed by atoms with Gasteiger partial charge in [0.2, 0.25) is 5.91 Å². The van der Waals surface area contributed by atoms with Crippen LogP contribution in [-0.2, 0) is 14.8 Å². The SMILES string of the molecule is CC[C@@H](C)NC(=O)c1ccccc1NC(=O)CN(c1ccc(OC)c(Cl)c1)S(=O)(=O)c1ccccc1. The molecule has 0 saturated carbocycles. The van der Waals surface area contributed by atoms with E-state index in [1.165, 1.54) is 37.4 Å². The van der Waals surface area contributed by atoms with Gasteiger partial charge in [0.05, 0.1) is 34.0 Å². The molecule has 1 atom stereocenters. The number of benzene rings is 3. The fourth-order valence-corrected chi connectivity index (χ4v) is 5.04. The van der Waals surface area contributed by atoms with E-state index in [4.69, 9.17) is 16.3 Å². The molecule has 0 spiro atoms. The number of para-hydroxylation sites is 1. The van der Waals surface area contributed by atoms with Crippen LogP contribution < -0.4 is 19.7 Å². The van der Waals surface area contributed by atoms with Crippen LogP contribution in [0.25, 0.3) is 0 Å². The Kier molecular flexibility index (Phi) is 8.95. The molecule has 0 bridgehead atoms. The van der Waals surface area contributed by atoms with Crippen molar-refractivity contribution in [1.29, 1.82) is 0 Å². The molecule has 2 N–H and O–H groups in total. The summed E-state index contributed by atoms with van der Waals surface area (Å²) >= 11 is 6.25. The number of rotatable bonds is 10. The molecule has 0 aliphatic heterocycles. The van der Waals surface area contributed by atoms with Crippen molar-refractivity contribution in [3.05, 3.63) is 83.4 Å². The number of carbonyl (C=O) groups excluding carboxylic acids is 2. The van der Waals surface area contributed by atoms with Crippen molar-refractivity contribution in [3.8, 4) is 5.75 Å². The highest BCUT2D eigenvalue weighted by atomic mass is 35.5. The maximum absolute atomic E-state index is 13.5. The quantitative estimate of drug-likeness (QED) is 0.396. The minimum atomic E-state index is -4.13. The number of nitrogens with one attached hydrogen (secondary N) is 2. The lowest BCUT2D eigenvalue weighted by molar-refractivity contribution is -0.114. The molecule has 8 nitrogen and oxygen atoms in total. The Hall–Kier alpha value is -3.56. The first kappa shape index (κ1) is 27.0. The van der Waals surface area contributed by atoms with Crippen LogP contribution in [0, 0.1) is 0 Å². The second kappa shape index (κ2) is 11.9. The Bertz CT molecular complexity index is 1330. The van der Waals surface area contributed by atoms with Crippen molar-refractivity contribution in [2.45, 2.75) is 31.2 Å². The monoisotopic (exact) mass is 529 g/mol. The van der Waals surface area contributed by atoms with E-state index in [1.54, 1.807) is 42.5 Å². The molecule has 36 heavy (non-hydrogen) atoms. The first-order valence-electron chi connectivity index (χ1n) is 11.3. The Morgan fingerprint density at radius 1 is 1.03 bits per heavy atom. The summed E-state index contributed by atoms with van der Waals surface area (Å²) in [4.78, 5) is 25.8. The van der Waals surface area contributed by atoms with Crippen molar-refractivity contribution in [1.82, 2.24) is 5.32 Å². The average molecular weight is 530 g/mol. The Morgan fingerprint density at radius 3 is 2.33 bits per heavy atom. The minimum absolute atomic E-state index is 0.0121. The van der Waals surface area contributed by atoms with Crippen LogP contribution in [0.1, 0.15) is 30.6 Å². The zero-order valence-corrected chi connectivity index (χ0v) is 21.8. The summed E-state index contributed by atoms with van der Waals surface area (Å²) in [6.45, 7) is 3.28. The molecule has 0 aliphatic carbocycles. The van der Waals surface area contributed by atoms with Gasteiger partial charge in [-0.25, -0.2) is 8.42 Å². The molecule has 3 aromatic carbocycles. The van der Waals surface area contributed by atoms with Crippen molar-refractivity contribution in [3.63, 3.8) is 0 Å². The number of hydrogen-bond acceptors (Lipinski definition) is 5. The highest BCUT2D eigenvalue weighted by Crippen LogP contribution is 2.32. The largest absolute Gasteiger partial charge is 0.495 e. The van der Waals surface area contributed by atoms with E-state index < -0.39 is 22.5 Å². The number of sulfonamides is 1. The number of carbonyl (C=O) groups is 2. The maximum atomic E-state index is 13.5. The number of anilines is 2. The second-order valence-corrected chi connectivity index (χ2v) is 10.3. The number of hydrogen-bond donors (Lipinski definition) is 2. The fourth-order valence-electron chi connectivity index (χ4n) is 3.36. The van der Waals surface area contributed by atoms with Gasteiger partial charge < -0.3 is 15.4 Å². The first-order valence-corrected chi connectivity index (χ1v) is 13.1. The molecule has 0 saturated heterocycles. The maximum Gasteiger partial charge on any atom is 0.264 e. The molecular formula is C26H28ClN3O5S. The van der Waals surface area contributed by atoms with E-state index in [1.807, 2.05) is 13.8 Å². The zero-order chi connectivity index (χ0) is 26.3. The Balaban J connectivity index is 1.94. The number of nitrogens with zero attached hydrogens (tertiary/aromatic N) is 1. The molecule has 3 rings (SSSR count). The topological polar surface area (TPSA) is 105 Å².